The van der Waals surface area contributed by atoms with Crippen molar-refractivity contribution in [2.75, 3.05) is 13.7 Å². The molecule has 1 unspecified atom stereocenters. The molecule has 0 aliphatic rings. The standard InChI is InChI=1S/C10H13N3O5/c1-13-8(14)4-3-6(12-13)9(15)11-5-7(18-2)10(16)17/h3-4,7H,5H2,1-2H3,(H,11,15)(H,16,17). The summed E-state index contributed by atoms with van der Waals surface area (Å²) in [5.41, 5.74) is -0.316. The van der Waals surface area contributed by atoms with E-state index in [1.165, 1.54) is 26.3 Å². The molecule has 0 aliphatic heterocycles. The van der Waals surface area contributed by atoms with Crippen LogP contribution in [0.3, 0.4) is 0 Å². The summed E-state index contributed by atoms with van der Waals surface area (Å²) in [5.74, 6) is -1.75. The lowest BCUT2D eigenvalue weighted by Gasteiger charge is -2.11. The molecule has 1 aromatic rings. The number of rotatable bonds is 5. The fourth-order valence-electron chi connectivity index (χ4n) is 1.17. The summed E-state index contributed by atoms with van der Waals surface area (Å²) in [7, 11) is 2.64. The monoisotopic (exact) mass is 255 g/mol. The first-order chi connectivity index (χ1) is 8.45. The van der Waals surface area contributed by atoms with Gasteiger partial charge in [-0.25, -0.2) is 9.48 Å². The second-order valence-electron chi connectivity index (χ2n) is 3.45. The lowest BCUT2D eigenvalue weighted by Crippen LogP contribution is -2.38. The van der Waals surface area contributed by atoms with Gasteiger partial charge in [0.25, 0.3) is 11.5 Å². The van der Waals surface area contributed by atoms with Gasteiger partial charge in [-0.15, -0.1) is 0 Å². The van der Waals surface area contributed by atoms with E-state index in [1.54, 1.807) is 0 Å². The first-order valence-electron chi connectivity index (χ1n) is 5.04. The maximum atomic E-state index is 11.6. The third kappa shape index (κ3) is 3.39. The number of carbonyl (C=O) groups is 2. The molecule has 98 valence electrons. The molecule has 0 aliphatic carbocycles. The molecule has 8 nitrogen and oxygen atoms in total. The highest BCUT2D eigenvalue weighted by atomic mass is 16.5. The average molecular weight is 255 g/mol. The van der Waals surface area contributed by atoms with Crippen LogP contribution < -0.4 is 10.9 Å². The van der Waals surface area contributed by atoms with Crippen LogP contribution in [-0.4, -0.2) is 46.5 Å². The van der Waals surface area contributed by atoms with Gasteiger partial charge >= 0.3 is 5.97 Å². The number of nitrogens with zero attached hydrogens (tertiary/aromatic N) is 2. The molecular formula is C10H13N3O5. The number of methoxy groups -OCH3 is 1. The van der Waals surface area contributed by atoms with Crippen LogP contribution in [0.1, 0.15) is 10.5 Å². The number of aryl methyl sites for hydroxylation is 1. The van der Waals surface area contributed by atoms with E-state index in [0.29, 0.717) is 0 Å². The number of carboxylic acids is 1. The van der Waals surface area contributed by atoms with Crippen LogP contribution >= 0.6 is 0 Å². The minimum Gasteiger partial charge on any atom is -0.479 e. The third-order valence-corrected chi connectivity index (χ3v) is 2.20. The molecule has 2 N–H and O–H groups in total. The summed E-state index contributed by atoms with van der Waals surface area (Å²) in [4.78, 5) is 33.3. The molecule has 1 amide bonds. The van der Waals surface area contributed by atoms with Crippen molar-refractivity contribution in [1.29, 1.82) is 0 Å². The molecule has 0 aromatic carbocycles. The Morgan fingerprint density at radius 1 is 1.56 bits per heavy atom. The van der Waals surface area contributed by atoms with Crippen LogP contribution in [-0.2, 0) is 16.6 Å². The van der Waals surface area contributed by atoms with E-state index in [9.17, 15) is 14.4 Å². The molecule has 0 saturated carbocycles. The third-order valence-electron chi connectivity index (χ3n) is 2.20. The highest BCUT2D eigenvalue weighted by Crippen LogP contribution is 1.92. The van der Waals surface area contributed by atoms with Crippen molar-refractivity contribution < 1.29 is 19.4 Å². The minimum atomic E-state index is -1.17. The normalized spacial score (nSPS) is 11.9. The molecular weight excluding hydrogens is 242 g/mol. The zero-order valence-corrected chi connectivity index (χ0v) is 9.91. The number of amides is 1. The Morgan fingerprint density at radius 2 is 2.22 bits per heavy atom. The van der Waals surface area contributed by atoms with E-state index >= 15 is 0 Å². The van der Waals surface area contributed by atoms with Crippen molar-refractivity contribution in [2.24, 2.45) is 7.05 Å². The Hall–Kier alpha value is -2.22. The number of aromatic nitrogens is 2. The Labute approximate surface area is 102 Å². The maximum absolute atomic E-state index is 11.6. The van der Waals surface area contributed by atoms with E-state index in [-0.39, 0.29) is 17.8 Å². The van der Waals surface area contributed by atoms with E-state index in [0.717, 1.165) is 4.68 Å². The van der Waals surface area contributed by atoms with Crippen molar-refractivity contribution in [1.82, 2.24) is 15.1 Å². The van der Waals surface area contributed by atoms with Crippen LogP contribution in [0.5, 0.6) is 0 Å². The molecule has 0 fully saturated rings. The quantitative estimate of drug-likeness (QED) is 0.670. The summed E-state index contributed by atoms with van der Waals surface area (Å²) < 4.78 is 5.66. The molecule has 1 rings (SSSR count). The maximum Gasteiger partial charge on any atom is 0.334 e. The lowest BCUT2D eigenvalue weighted by atomic mass is 10.3. The van der Waals surface area contributed by atoms with Crippen molar-refractivity contribution in [3.63, 3.8) is 0 Å². The van der Waals surface area contributed by atoms with Gasteiger partial charge in [0.05, 0.1) is 6.54 Å². The average Bonchev–Trinajstić information content (AvgIpc) is 2.32. The summed E-state index contributed by atoms with van der Waals surface area (Å²) in [6.45, 7) is -0.185. The Bertz CT molecular complexity index is 510. The Morgan fingerprint density at radius 3 is 2.72 bits per heavy atom. The zero-order chi connectivity index (χ0) is 13.7. The number of carbonyl (C=O) groups excluding carboxylic acids is 1. The molecule has 0 bridgehead atoms. The summed E-state index contributed by atoms with van der Waals surface area (Å²) in [5, 5.41) is 14.8. The molecule has 1 heterocycles. The van der Waals surface area contributed by atoms with Crippen molar-refractivity contribution >= 4 is 11.9 Å². The van der Waals surface area contributed by atoms with Crippen LogP contribution in [0.2, 0.25) is 0 Å². The molecule has 1 aromatic heterocycles. The van der Waals surface area contributed by atoms with Crippen molar-refractivity contribution in [2.45, 2.75) is 6.10 Å². The van der Waals surface area contributed by atoms with Gasteiger partial charge in [-0.2, -0.15) is 5.10 Å². The number of hydrogen-bond donors (Lipinski definition) is 2. The van der Waals surface area contributed by atoms with Crippen molar-refractivity contribution in [3.8, 4) is 0 Å². The predicted octanol–water partition coefficient (Wildman–Crippen LogP) is -1.39. The number of aliphatic carboxylic acids is 1. The Balaban J connectivity index is 2.68. The zero-order valence-electron chi connectivity index (χ0n) is 9.91. The largest absolute Gasteiger partial charge is 0.479 e. The van der Waals surface area contributed by atoms with Crippen LogP contribution in [0.25, 0.3) is 0 Å². The van der Waals surface area contributed by atoms with Gasteiger partial charge in [0.1, 0.15) is 5.69 Å². The number of ether oxygens (including phenoxy) is 1. The molecule has 0 radical (unpaired) electrons. The second-order valence-corrected chi connectivity index (χ2v) is 3.45. The molecule has 0 spiro atoms. The Kier molecular flexibility index (Phi) is 4.55. The van der Waals surface area contributed by atoms with Gasteiger partial charge in [-0.05, 0) is 6.07 Å². The predicted molar refractivity (Wildman–Crippen MR) is 60.2 cm³/mol. The molecule has 0 saturated heterocycles. The van der Waals surface area contributed by atoms with E-state index in [2.05, 4.69) is 15.2 Å². The topological polar surface area (TPSA) is 111 Å². The van der Waals surface area contributed by atoms with Gasteiger partial charge in [0.15, 0.2) is 6.10 Å². The van der Waals surface area contributed by atoms with Gasteiger partial charge in [-0.3, -0.25) is 9.59 Å². The van der Waals surface area contributed by atoms with Crippen LogP contribution in [0, 0.1) is 0 Å². The van der Waals surface area contributed by atoms with Gasteiger partial charge in [0.2, 0.25) is 0 Å². The SMILES string of the molecule is COC(CNC(=O)c1ccc(=O)n(C)n1)C(=O)O. The van der Waals surface area contributed by atoms with Gasteiger partial charge < -0.3 is 15.2 Å². The number of nitrogens with one attached hydrogen (secondary N) is 1. The van der Waals surface area contributed by atoms with Gasteiger partial charge in [-0.1, -0.05) is 0 Å². The fourth-order valence-corrected chi connectivity index (χ4v) is 1.17. The van der Waals surface area contributed by atoms with E-state index in [4.69, 9.17) is 5.11 Å². The van der Waals surface area contributed by atoms with E-state index < -0.39 is 18.0 Å². The fraction of sp³-hybridized carbons (Fsp3) is 0.400. The number of carboxylic acid groups (broad SMARTS) is 1. The first kappa shape index (κ1) is 13.8. The summed E-state index contributed by atoms with van der Waals surface area (Å²) in [6, 6.07) is 2.47. The van der Waals surface area contributed by atoms with Gasteiger partial charge in [0, 0.05) is 20.2 Å². The van der Waals surface area contributed by atoms with Crippen LogP contribution in [0.15, 0.2) is 16.9 Å². The summed E-state index contributed by atoms with van der Waals surface area (Å²) >= 11 is 0. The van der Waals surface area contributed by atoms with E-state index in [1.807, 2.05) is 0 Å². The minimum absolute atomic E-state index is 0.0253. The smallest absolute Gasteiger partial charge is 0.334 e. The molecule has 18 heavy (non-hydrogen) atoms. The highest BCUT2D eigenvalue weighted by Gasteiger charge is 2.18. The second kappa shape index (κ2) is 5.92. The lowest BCUT2D eigenvalue weighted by molar-refractivity contribution is -0.148. The molecule has 8 heteroatoms. The summed E-state index contributed by atoms with van der Waals surface area (Å²) in [6.07, 6.45) is -1.12. The highest BCUT2D eigenvalue weighted by molar-refractivity contribution is 5.92. The first-order valence-corrected chi connectivity index (χ1v) is 5.04. The molecule has 1 atom stereocenters. The number of hydrogen-bond acceptors (Lipinski definition) is 5. The van der Waals surface area contributed by atoms with Crippen LogP contribution in [0.4, 0.5) is 0 Å². The van der Waals surface area contributed by atoms with Crippen molar-refractivity contribution in [3.05, 3.63) is 28.2 Å².